The van der Waals surface area contributed by atoms with Crippen LogP contribution in [0.1, 0.15) is 6.42 Å². The SMILES string of the molecule is O=C(N1CC[C@H](O)C1)n1ccnc1. The first kappa shape index (κ1) is 8.25. The van der Waals surface area contributed by atoms with Crippen LogP contribution < -0.4 is 0 Å². The number of carbonyl (C=O) groups is 1. The molecule has 2 rings (SSSR count). The Kier molecular flexibility index (Phi) is 2.02. The fourth-order valence-corrected chi connectivity index (χ4v) is 1.45. The maximum absolute atomic E-state index is 11.6. The van der Waals surface area contributed by atoms with Gasteiger partial charge in [-0.2, -0.15) is 0 Å². The molecule has 1 aliphatic heterocycles. The number of aliphatic hydroxyl groups excluding tert-OH is 1. The Hall–Kier alpha value is -1.36. The zero-order chi connectivity index (χ0) is 9.26. The zero-order valence-electron chi connectivity index (χ0n) is 7.13. The second-order valence-electron chi connectivity index (χ2n) is 3.14. The van der Waals surface area contributed by atoms with Gasteiger partial charge in [-0.05, 0) is 6.42 Å². The van der Waals surface area contributed by atoms with Gasteiger partial charge < -0.3 is 10.0 Å². The molecule has 1 saturated heterocycles. The van der Waals surface area contributed by atoms with Crippen molar-refractivity contribution in [3.63, 3.8) is 0 Å². The average molecular weight is 181 g/mol. The Morgan fingerprint density at radius 2 is 2.46 bits per heavy atom. The highest BCUT2D eigenvalue weighted by Crippen LogP contribution is 2.09. The van der Waals surface area contributed by atoms with Crippen LogP contribution in [0.15, 0.2) is 18.7 Å². The first-order chi connectivity index (χ1) is 6.27. The minimum Gasteiger partial charge on any atom is -0.391 e. The number of carbonyl (C=O) groups excluding carboxylic acids is 1. The van der Waals surface area contributed by atoms with Crippen molar-refractivity contribution < 1.29 is 9.90 Å². The molecule has 0 aromatic carbocycles. The number of hydrogen-bond acceptors (Lipinski definition) is 3. The van der Waals surface area contributed by atoms with Gasteiger partial charge >= 0.3 is 6.03 Å². The van der Waals surface area contributed by atoms with Crippen molar-refractivity contribution >= 4 is 6.03 Å². The highest BCUT2D eigenvalue weighted by molar-refractivity contribution is 5.76. The molecule has 70 valence electrons. The summed E-state index contributed by atoms with van der Waals surface area (Å²) >= 11 is 0. The molecule has 1 aromatic heterocycles. The van der Waals surface area contributed by atoms with Crippen LogP contribution in [0.4, 0.5) is 4.79 Å². The number of nitrogens with zero attached hydrogens (tertiary/aromatic N) is 3. The molecule has 1 atom stereocenters. The normalized spacial score (nSPS) is 22.2. The van der Waals surface area contributed by atoms with Crippen LogP contribution in [-0.2, 0) is 0 Å². The summed E-state index contributed by atoms with van der Waals surface area (Å²) < 4.78 is 1.41. The minimum atomic E-state index is -0.368. The maximum atomic E-state index is 11.6. The van der Waals surface area contributed by atoms with Gasteiger partial charge in [-0.3, -0.25) is 4.57 Å². The standard InChI is InChI=1S/C8H11N3O2/c12-7-1-3-10(5-7)8(13)11-4-2-9-6-11/h2,4,6-7,12H,1,3,5H2/t7-/m0/s1. The van der Waals surface area contributed by atoms with E-state index in [2.05, 4.69) is 4.98 Å². The van der Waals surface area contributed by atoms with Crippen molar-refractivity contribution in [1.82, 2.24) is 14.5 Å². The molecule has 0 spiro atoms. The van der Waals surface area contributed by atoms with Crippen molar-refractivity contribution in [2.75, 3.05) is 13.1 Å². The summed E-state index contributed by atoms with van der Waals surface area (Å²) in [4.78, 5) is 17.0. The quantitative estimate of drug-likeness (QED) is 0.609. The molecule has 5 heteroatoms. The molecule has 0 radical (unpaired) electrons. The van der Waals surface area contributed by atoms with Crippen molar-refractivity contribution in [3.8, 4) is 0 Å². The summed E-state index contributed by atoms with van der Waals surface area (Å²) in [6.45, 7) is 1.05. The van der Waals surface area contributed by atoms with Crippen molar-refractivity contribution in [1.29, 1.82) is 0 Å². The zero-order valence-corrected chi connectivity index (χ0v) is 7.13. The fraction of sp³-hybridized carbons (Fsp3) is 0.500. The lowest BCUT2D eigenvalue weighted by Crippen LogP contribution is -2.32. The predicted molar refractivity (Wildman–Crippen MR) is 45.2 cm³/mol. The van der Waals surface area contributed by atoms with Gasteiger partial charge in [0.2, 0.25) is 0 Å². The number of β-amino-alcohol motifs (C(OH)–C–C–N with tert-alkyl or cyclic N) is 1. The fourth-order valence-electron chi connectivity index (χ4n) is 1.45. The van der Waals surface area contributed by atoms with Gasteiger partial charge in [0.05, 0.1) is 6.10 Å². The third kappa shape index (κ3) is 1.55. The van der Waals surface area contributed by atoms with Gasteiger partial charge in [0.1, 0.15) is 6.33 Å². The molecule has 1 amide bonds. The van der Waals surface area contributed by atoms with Crippen LogP contribution >= 0.6 is 0 Å². The van der Waals surface area contributed by atoms with E-state index >= 15 is 0 Å². The number of imidazole rings is 1. The van der Waals surface area contributed by atoms with Crippen molar-refractivity contribution in [3.05, 3.63) is 18.7 Å². The van der Waals surface area contributed by atoms with Gasteiger partial charge in [0, 0.05) is 25.5 Å². The molecule has 0 bridgehead atoms. The lowest BCUT2D eigenvalue weighted by Gasteiger charge is -2.14. The molecular formula is C8H11N3O2. The average Bonchev–Trinajstić information content (AvgIpc) is 2.72. The van der Waals surface area contributed by atoms with Gasteiger partial charge in [-0.15, -0.1) is 0 Å². The highest BCUT2D eigenvalue weighted by atomic mass is 16.3. The third-order valence-electron chi connectivity index (χ3n) is 2.16. The molecule has 1 aliphatic rings. The highest BCUT2D eigenvalue weighted by Gasteiger charge is 2.24. The Morgan fingerprint density at radius 3 is 3.00 bits per heavy atom. The third-order valence-corrected chi connectivity index (χ3v) is 2.16. The molecule has 2 heterocycles. The van der Waals surface area contributed by atoms with E-state index in [0.717, 1.165) is 0 Å². The number of likely N-dealkylation sites (tertiary alicyclic amines) is 1. The van der Waals surface area contributed by atoms with Crippen LogP contribution in [0, 0.1) is 0 Å². The molecule has 0 aliphatic carbocycles. The Balaban J connectivity index is 2.06. The van der Waals surface area contributed by atoms with Crippen molar-refractivity contribution in [2.24, 2.45) is 0 Å². The summed E-state index contributed by atoms with van der Waals surface area (Å²) in [6, 6.07) is -0.117. The predicted octanol–water partition coefficient (Wildman–Crippen LogP) is -0.0822. The van der Waals surface area contributed by atoms with Crippen molar-refractivity contribution in [2.45, 2.75) is 12.5 Å². The minimum absolute atomic E-state index is 0.117. The number of hydrogen-bond donors (Lipinski definition) is 1. The van der Waals surface area contributed by atoms with Crippen LogP contribution in [0.25, 0.3) is 0 Å². The lowest BCUT2D eigenvalue weighted by atomic mass is 10.3. The first-order valence-corrected chi connectivity index (χ1v) is 4.22. The Bertz CT molecular complexity index is 296. The summed E-state index contributed by atoms with van der Waals surface area (Å²) in [5, 5.41) is 9.23. The number of aromatic nitrogens is 2. The van der Waals surface area contributed by atoms with E-state index in [1.54, 1.807) is 17.3 Å². The van der Waals surface area contributed by atoms with E-state index in [9.17, 15) is 9.90 Å². The number of aliphatic hydroxyl groups is 1. The lowest BCUT2D eigenvalue weighted by molar-refractivity contribution is 0.172. The van der Waals surface area contributed by atoms with E-state index in [1.165, 1.54) is 10.9 Å². The van der Waals surface area contributed by atoms with Gasteiger partial charge in [0.25, 0.3) is 0 Å². The molecule has 0 unspecified atom stereocenters. The van der Waals surface area contributed by atoms with Gasteiger partial charge in [0.15, 0.2) is 0 Å². The summed E-state index contributed by atoms with van der Waals surface area (Å²) in [6.07, 6.45) is 4.93. The summed E-state index contributed by atoms with van der Waals surface area (Å²) in [5.74, 6) is 0. The smallest absolute Gasteiger partial charge is 0.329 e. The maximum Gasteiger partial charge on any atom is 0.329 e. The summed E-state index contributed by atoms with van der Waals surface area (Å²) in [7, 11) is 0. The van der Waals surface area contributed by atoms with E-state index in [0.29, 0.717) is 19.5 Å². The molecule has 1 aromatic rings. The molecule has 0 saturated carbocycles. The van der Waals surface area contributed by atoms with Crippen LogP contribution in [0.5, 0.6) is 0 Å². The van der Waals surface area contributed by atoms with E-state index in [4.69, 9.17) is 0 Å². The van der Waals surface area contributed by atoms with Gasteiger partial charge in [-0.25, -0.2) is 9.78 Å². The number of rotatable bonds is 0. The van der Waals surface area contributed by atoms with Crippen LogP contribution in [-0.4, -0.2) is 44.8 Å². The van der Waals surface area contributed by atoms with E-state index < -0.39 is 0 Å². The van der Waals surface area contributed by atoms with E-state index in [1.807, 2.05) is 0 Å². The second-order valence-corrected chi connectivity index (χ2v) is 3.14. The van der Waals surface area contributed by atoms with Crippen LogP contribution in [0.3, 0.4) is 0 Å². The topological polar surface area (TPSA) is 58.4 Å². The monoisotopic (exact) mass is 181 g/mol. The Morgan fingerprint density at radius 1 is 1.62 bits per heavy atom. The second kappa shape index (κ2) is 3.18. The molecular weight excluding hydrogens is 170 g/mol. The van der Waals surface area contributed by atoms with Gasteiger partial charge in [-0.1, -0.05) is 0 Å². The molecule has 1 N–H and O–H groups in total. The largest absolute Gasteiger partial charge is 0.391 e. The first-order valence-electron chi connectivity index (χ1n) is 4.22. The molecule has 1 fully saturated rings. The molecule has 5 nitrogen and oxygen atoms in total. The van der Waals surface area contributed by atoms with Crippen LogP contribution in [0.2, 0.25) is 0 Å². The van der Waals surface area contributed by atoms with E-state index in [-0.39, 0.29) is 12.1 Å². The summed E-state index contributed by atoms with van der Waals surface area (Å²) in [5.41, 5.74) is 0. The molecule has 13 heavy (non-hydrogen) atoms. The Labute approximate surface area is 75.6 Å². The number of amides is 1.